The number of hydrogen-bond donors (Lipinski definition) is 3. The Balaban J connectivity index is 2.09. The van der Waals surface area contributed by atoms with Crippen LogP contribution in [0.1, 0.15) is 34.1 Å². The third-order valence-electron chi connectivity index (χ3n) is 3.93. The van der Waals surface area contributed by atoms with E-state index in [0.29, 0.717) is 11.4 Å². The molecule has 106 valence electrons. The Morgan fingerprint density at radius 1 is 1.42 bits per heavy atom. The van der Waals surface area contributed by atoms with Crippen LogP contribution in [0.25, 0.3) is 0 Å². The molecule has 1 aliphatic rings. The van der Waals surface area contributed by atoms with Crippen LogP contribution >= 0.6 is 0 Å². The topological polar surface area (TPSA) is 67.5 Å². The summed E-state index contributed by atoms with van der Waals surface area (Å²) >= 11 is 0. The standard InChI is InChI=1S/C15H24N2O2/c1-9(2)19-12-7-10(5-6-11(12)16)17-13-8-14(18)15(13,3)4/h5-7,9,13-14,17-18H,8,16H2,1-4H3. The summed E-state index contributed by atoms with van der Waals surface area (Å²) in [5, 5.41) is 13.2. The van der Waals surface area contributed by atoms with Crippen LogP contribution < -0.4 is 15.8 Å². The first-order valence-corrected chi connectivity index (χ1v) is 6.81. The fourth-order valence-corrected chi connectivity index (χ4v) is 2.33. The molecule has 0 saturated heterocycles. The van der Waals surface area contributed by atoms with Gasteiger partial charge in [0.1, 0.15) is 5.75 Å². The van der Waals surface area contributed by atoms with Crippen molar-refractivity contribution in [2.75, 3.05) is 11.1 Å². The van der Waals surface area contributed by atoms with Crippen LogP contribution in [0, 0.1) is 5.41 Å². The molecule has 2 unspecified atom stereocenters. The molecule has 0 aliphatic heterocycles. The van der Waals surface area contributed by atoms with E-state index < -0.39 is 0 Å². The molecule has 0 heterocycles. The number of rotatable bonds is 4. The molecule has 0 amide bonds. The van der Waals surface area contributed by atoms with Gasteiger partial charge in [0.15, 0.2) is 0 Å². The first kappa shape index (κ1) is 14.0. The van der Waals surface area contributed by atoms with Crippen molar-refractivity contribution < 1.29 is 9.84 Å². The Morgan fingerprint density at radius 2 is 2.11 bits per heavy atom. The summed E-state index contributed by atoms with van der Waals surface area (Å²) in [6.07, 6.45) is 0.641. The smallest absolute Gasteiger partial charge is 0.144 e. The van der Waals surface area contributed by atoms with Crippen LogP contribution in [0.15, 0.2) is 18.2 Å². The Hall–Kier alpha value is -1.42. The van der Waals surface area contributed by atoms with Gasteiger partial charge in [0.2, 0.25) is 0 Å². The molecule has 1 aromatic rings. The van der Waals surface area contributed by atoms with Gasteiger partial charge in [0, 0.05) is 23.2 Å². The SMILES string of the molecule is CC(C)Oc1cc(NC2CC(O)C2(C)C)ccc1N. The predicted octanol–water partition coefficient (Wildman–Crippen LogP) is 2.63. The van der Waals surface area contributed by atoms with Crippen LogP contribution in [0.2, 0.25) is 0 Å². The average Bonchev–Trinajstić information content (AvgIpc) is 2.32. The fraction of sp³-hybridized carbons (Fsp3) is 0.600. The number of ether oxygens (including phenoxy) is 1. The first-order chi connectivity index (χ1) is 8.80. The number of nitrogens with one attached hydrogen (secondary N) is 1. The maximum atomic E-state index is 9.76. The van der Waals surface area contributed by atoms with E-state index in [4.69, 9.17) is 10.5 Å². The summed E-state index contributed by atoms with van der Waals surface area (Å²) in [7, 11) is 0. The lowest BCUT2D eigenvalue weighted by Gasteiger charge is -2.49. The zero-order chi connectivity index (χ0) is 14.2. The van der Waals surface area contributed by atoms with E-state index in [1.54, 1.807) is 0 Å². The van der Waals surface area contributed by atoms with Crippen molar-refractivity contribution in [2.24, 2.45) is 5.41 Å². The molecule has 1 aliphatic carbocycles. The lowest BCUT2D eigenvalue weighted by atomic mass is 9.64. The average molecular weight is 264 g/mol. The van der Waals surface area contributed by atoms with Crippen molar-refractivity contribution >= 4 is 11.4 Å². The van der Waals surface area contributed by atoms with Crippen LogP contribution in [0.3, 0.4) is 0 Å². The summed E-state index contributed by atoms with van der Waals surface area (Å²) in [5.41, 5.74) is 7.43. The number of aliphatic hydroxyl groups is 1. The molecular weight excluding hydrogens is 240 g/mol. The number of anilines is 2. The van der Waals surface area contributed by atoms with E-state index in [2.05, 4.69) is 19.2 Å². The molecule has 0 spiro atoms. The number of hydrogen-bond acceptors (Lipinski definition) is 4. The number of nitrogens with two attached hydrogens (primary N) is 1. The van der Waals surface area contributed by atoms with E-state index in [9.17, 15) is 5.11 Å². The minimum Gasteiger partial charge on any atom is -0.489 e. The van der Waals surface area contributed by atoms with Gasteiger partial charge in [-0.25, -0.2) is 0 Å². The van der Waals surface area contributed by atoms with Gasteiger partial charge in [-0.05, 0) is 32.4 Å². The van der Waals surface area contributed by atoms with Crippen molar-refractivity contribution in [1.29, 1.82) is 0 Å². The second-order valence-electron chi connectivity index (χ2n) is 6.19. The van der Waals surface area contributed by atoms with Crippen molar-refractivity contribution in [1.82, 2.24) is 0 Å². The summed E-state index contributed by atoms with van der Waals surface area (Å²) in [6.45, 7) is 8.10. The van der Waals surface area contributed by atoms with Gasteiger partial charge in [0.25, 0.3) is 0 Å². The monoisotopic (exact) mass is 264 g/mol. The van der Waals surface area contributed by atoms with Crippen LogP contribution in [-0.2, 0) is 0 Å². The van der Waals surface area contributed by atoms with E-state index in [-0.39, 0.29) is 23.7 Å². The van der Waals surface area contributed by atoms with Crippen molar-refractivity contribution in [2.45, 2.75) is 52.4 Å². The molecule has 1 fully saturated rings. The highest BCUT2D eigenvalue weighted by molar-refractivity contribution is 5.62. The molecule has 0 bridgehead atoms. The van der Waals surface area contributed by atoms with Gasteiger partial charge in [-0.1, -0.05) is 13.8 Å². The molecule has 0 aromatic heterocycles. The fourth-order valence-electron chi connectivity index (χ4n) is 2.33. The Bertz CT molecular complexity index is 457. The number of aliphatic hydroxyl groups excluding tert-OH is 1. The molecule has 19 heavy (non-hydrogen) atoms. The largest absolute Gasteiger partial charge is 0.489 e. The second kappa shape index (κ2) is 4.93. The quantitative estimate of drug-likeness (QED) is 0.731. The van der Waals surface area contributed by atoms with Crippen molar-refractivity contribution in [3.8, 4) is 5.75 Å². The Labute approximate surface area is 115 Å². The number of nitrogen functional groups attached to an aromatic ring is 1. The third-order valence-corrected chi connectivity index (χ3v) is 3.93. The highest BCUT2D eigenvalue weighted by Crippen LogP contribution is 2.42. The Morgan fingerprint density at radius 3 is 2.63 bits per heavy atom. The molecular formula is C15H24N2O2. The summed E-state index contributed by atoms with van der Waals surface area (Å²) in [5.74, 6) is 0.706. The third kappa shape index (κ3) is 2.78. The van der Waals surface area contributed by atoms with Crippen molar-refractivity contribution in [3.05, 3.63) is 18.2 Å². The van der Waals surface area contributed by atoms with Gasteiger partial charge in [-0.2, -0.15) is 0 Å². The first-order valence-electron chi connectivity index (χ1n) is 6.81. The van der Waals surface area contributed by atoms with E-state index in [0.717, 1.165) is 12.1 Å². The summed E-state index contributed by atoms with van der Waals surface area (Å²) < 4.78 is 5.68. The van der Waals surface area contributed by atoms with Gasteiger partial charge in [-0.15, -0.1) is 0 Å². The summed E-state index contributed by atoms with van der Waals surface area (Å²) in [6, 6.07) is 6.00. The lowest BCUT2D eigenvalue weighted by molar-refractivity contribution is -0.0510. The molecule has 4 heteroatoms. The zero-order valence-corrected chi connectivity index (χ0v) is 12.1. The van der Waals surface area contributed by atoms with Gasteiger partial charge in [-0.3, -0.25) is 0 Å². The zero-order valence-electron chi connectivity index (χ0n) is 12.1. The predicted molar refractivity (Wildman–Crippen MR) is 78.4 cm³/mol. The van der Waals surface area contributed by atoms with Gasteiger partial charge >= 0.3 is 0 Å². The van der Waals surface area contributed by atoms with E-state index in [1.165, 1.54) is 0 Å². The lowest BCUT2D eigenvalue weighted by Crippen LogP contribution is -2.56. The molecule has 2 atom stereocenters. The maximum Gasteiger partial charge on any atom is 0.144 e. The van der Waals surface area contributed by atoms with Crippen LogP contribution in [-0.4, -0.2) is 23.4 Å². The molecule has 4 N–H and O–H groups in total. The van der Waals surface area contributed by atoms with Crippen molar-refractivity contribution in [3.63, 3.8) is 0 Å². The maximum absolute atomic E-state index is 9.76. The minimum atomic E-state index is -0.231. The molecule has 2 rings (SSSR count). The Kier molecular flexibility index (Phi) is 3.63. The van der Waals surface area contributed by atoms with Gasteiger partial charge < -0.3 is 20.9 Å². The van der Waals surface area contributed by atoms with Crippen LogP contribution in [0.4, 0.5) is 11.4 Å². The highest BCUT2D eigenvalue weighted by atomic mass is 16.5. The second-order valence-corrected chi connectivity index (χ2v) is 6.19. The van der Waals surface area contributed by atoms with E-state index >= 15 is 0 Å². The van der Waals surface area contributed by atoms with Crippen LogP contribution in [0.5, 0.6) is 5.75 Å². The van der Waals surface area contributed by atoms with Gasteiger partial charge in [0.05, 0.1) is 17.9 Å². The highest BCUT2D eigenvalue weighted by Gasteiger charge is 2.47. The molecule has 1 saturated carbocycles. The molecule has 0 radical (unpaired) electrons. The van der Waals surface area contributed by atoms with E-state index in [1.807, 2.05) is 32.0 Å². The minimum absolute atomic E-state index is 0.0968. The number of benzene rings is 1. The molecule has 4 nitrogen and oxygen atoms in total. The molecule has 1 aromatic carbocycles. The normalized spacial score (nSPS) is 24.9. The summed E-state index contributed by atoms with van der Waals surface area (Å²) in [4.78, 5) is 0.